The van der Waals surface area contributed by atoms with Crippen LogP contribution in [0.1, 0.15) is 29.7 Å². The summed E-state index contributed by atoms with van der Waals surface area (Å²) in [7, 11) is 0. The van der Waals surface area contributed by atoms with Crippen LogP contribution in [0.25, 0.3) is 6.08 Å². The van der Waals surface area contributed by atoms with Crippen molar-refractivity contribution >= 4 is 6.08 Å². The highest BCUT2D eigenvalue weighted by molar-refractivity contribution is 5.57. The van der Waals surface area contributed by atoms with Crippen molar-refractivity contribution < 1.29 is 0 Å². The molecule has 0 bridgehead atoms. The van der Waals surface area contributed by atoms with Crippen LogP contribution in [-0.2, 0) is 0 Å². The van der Waals surface area contributed by atoms with Crippen LogP contribution >= 0.6 is 0 Å². The van der Waals surface area contributed by atoms with E-state index < -0.39 is 0 Å². The van der Waals surface area contributed by atoms with Gasteiger partial charge < -0.3 is 0 Å². The van der Waals surface area contributed by atoms with Crippen LogP contribution in [-0.4, -0.2) is 4.98 Å². The van der Waals surface area contributed by atoms with Gasteiger partial charge in [0.2, 0.25) is 0 Å². The molecule has 0 amide bonds. The van der Waals surface area contributed by atoms with Crippen LogP contribution in [0.2, 0.25) is 0 Å². The number of fused-ring (bicyclic) bond motifs is 1. The van der Waals surface area contributed by atoms with E-state index in [0.29, 0.717) is 5.92 Å². The molecule has 1 aliphatic rings. The summed E-state index contributed by atoms with van der Waals surface area (Å²) in [5.74, 6) is 0.492. The second-order valence-corrected chi connectivity index (χ2v) is 3.49. The molecule has 1 aliphatic carbocycles. The van der Waals surface area contributed by atoms with Crippen molar-refractivity contribution in [3.8, 4) is 0 Å². The Bertz CT molecular complexity index is 375. The Morgan fingerprint density at radius 3 is 3.00 bits per heavy atom. The number of pyridine rings is 1. The zero-order chi connectivity index (χ0) is 9.26. The average molecular weight is 171 g/mol. The zero-order valence-corrected chi connectivity index (χ0v) is 7.99. The SMILES string of the molecule is Cc1cc2c(cn1)C=CC=CC2C. The molecule has 2 rings (SSSR count). The zero-order valence-electron chi connectivity index (χ0n) is 7.99. The van der Waals surface area contributed by atoms with Crippen molar-refractivity contribution in [1.82, 2.24) is 4.98 Å². The third-order valence-electron chi connectivity index (χ3n) is 2.38. The summed E-state index contributed by atoms with van der Waals surface area (Å²) in [5, 5.41) is 0. The van der Waals surface area contributed by atoms with E-state index in [0.717, 1.165) is 5.69 Å². The lowest BCUT2D eigenvalue weighted by molar-refractivity contribution is 0.951. The summed E-state index contributed by atoms with van der Waals surface area (Å²) in [6, 6.07) is 2.17. The molecule has 1 aromatic heterocycles. The topological polar surface area (TPSA) is 12.9 Å². The lowest BCUT2D eigenvalue weighted by atomic mass is 9.97. The normalized spacial score (nSPS) is 19.7. The second-order valence-electron chi connectivity index (χ2n) is 3.49. The number of hydrogen-bond acceptors (Lipinski definition) is 1. The first-order valence-electron chi connectivity index (χ1n) is 4.59. The second kappa shape index (κ2) is 3.17. The van der Waals surface area contributed by atoms with Gasteiger partial charge in [0.05, 0.1) is 0 Å². The molecule has 13 heavy (non-hydrogen) atoms. The van der Waals surface area contributed by atoms with Crippen LogP contribution in [0.5, 0.6) is 0 Å². The fraction of sp³-hybridized carbons (Fsp3) is 0.250. The standard InChI is InChI=1S/C12H13N/c1-9-5-3-4-6-11-8-13-10(2)7-12(9)11/h3-9H,1-2H3. The smallest absolute Gasteiger partial charge is 0.0376 e. The molecule has 0 saturated heterocycles. The van der Waals surface area contributed by atoms with Crippen molar-refractivity contribution in [2.24, 2.45) is 0 Å². The Hall–Kier alpha value is -1.37. The Morgan fingerprint density at radius 1 is 1.31 bits per heavy atom. The molecular weight excluding hydrogens is 158 g/mol. The number of hydrogen-bond donors (Lipinski definition) is 0. The highest BCUT2D eigenvalue weighted by Gasteiger charge is 2.08. The predicted octanol–water partition coefficient (Wildman–Crippen LogP) is 3.08. The minimum Gasteiger partial charge on any atom is -0.261 e. The lowest BCUT2D eigenvalue weighted by Crippen LogP contribution is -1.95. The third kappa shape index (κ3) is 1.55. The summed E-state index contributed by atoms with van der Waals surface area (Å²) >= 11 is 0. The van der Waals surface area contributed by atoms with Crippen molar-refractivity contribution in [2.75, 3.05) is 0 Å². The first kappa shape index (κ1) is 8.24. The van der Waals surface area contributed by atoms with E-state index in [2.05, 4.69) is 42.3 Å². The highest BCUT2D eigenvalue weighted by Crippen LogP contribution is 2.24. The predicted molar refractivity (Wildman–Crippen MR) is 55.6 cm³/mol. The molecule has 0 fully saturated rings. The molecule has 1 nitrogen and oxygen atoms in total. The van der Waals surface area contributed by atoms with Gasteiger partial charge in [-0.3, -0.25) is 4.98 Å². The van der Waals surface area contributed by atoms with Gasteiger partial charge in [-0.2, -0.15) is 0 Å². The number of aryl methyl sites for hydroxylation is 1. The number of aromatic nitrogens is 1. The Labute approximate surface area is 78.8 Å². The largest absolute Gasteiger partial charge is 0.261 e. The highest BCUT2D eigenvalue weighted by atomic mass is 14.7. The van der Waals surface area contributed by atoms with Gasteiger partial charge in [0.25, 0.3) is 0 Å². The molecule has 0 saturated carbocycles. The van der Waals surface area contributed by atoms with Crippen LogP contribution < -0.4 is 0 Å². The molecule has 1 heteroatoms. The van der Waals surface area contributed by atoms with E-state index in [1.165, 1.54) is 11.1 Å². The van der Waals surface area contributed by atoms with Gasteiger partial charge in [-0.05, 0) is 30.0 Å². The third-order valence-corrected chi connectivity index (χ3v) is 2.38. The molecule has 0 radical (unpaired) electrons. The molecule has 0 aliphatic heterocycles. The van der Waals surface area contributed by atoms with Crippen molar-refractivity contribution in [3.05, 3.63) is 47.3 Å². The fourth-order valence-electron chi connectivity index (χ4n) is 1.62. The summed E-state index contributed by atoms with van der Waals surface area (Å²) < 4.78 is 0. The van der Waals surface area contributed by atoms with Gasteiger partial charge in [-0.1, -0.05) is 31.2 Å². The maximum atomic E-state index is 4.29. The van der Waals surface area contributed by atoms with Crippen LogP contribution in [0.15, 0.2) is 30.5 Å². The van der Waals surface area contributed by atoms with Gasteiger partial charge in [-0.15, -0.1) is 0 Å². The fourth-order valence-corrected chi connectivity index (χ4v) is 1.62. The van der Waals surface area contributed by atoms with Crippen LogP contribution in [0, 0.1) is 6.92 Å². The monoisotopic (exact) mass is 171 g/mol. The van der Waals surface area contributed by atoms with E-state index in [1.54, 1.807) is 0 Å². The lowest BCUT2D eigenvalue weighted by Gasteiger charge is -2.09. The molecule has 66 valence electrons. The van der Waals surface area contributed by atoms with Gasteiger partial charge in [-0.25, -0.2) is 0 Å². The maximum Gasteiger partial charge on any atom is 0.0376 e. The minimum atomic E-state index is 0.492. The molecule has 0 spiro atoms. The number of allylic oxidation sites excluding steroid dienone is 3. The van der Waals surface area contributed by atoms with Gasteiger partial charge in [0, 0.05) is 11.9 Å². The first-order chi connectivity index (χ1) is 6.27. The Balaban J connectivity index is 2.58. The molecule has 0 aromatic carbocycles. The average Bonchev–Trinajstić information content (AvgIpc) is 2.29. The van der Waals surface area contributed by atoms with Gasteiger partial charge in [0.1, 0.15) is 0 Å². The van der Waals surface area contributed by atoms with Gasteiger partial charge in [0.15, 0.2) is 0 Å². The van der Waals surface area contributed by atoms with E-state index in [9.17, 15) is 0 Å². The molecule has 1 atom stereocenters. The van der Waals surface area contributed by atoms with Crippen LogP contribution in [0.4, 0.5) is 0 Å². The van der Waals surface area contributed by atoms with E-state index in [1.807, 2.05) is 13.1 Å². The maximum absolute atomic E-state index is 4.29. The van der Waals surface area contributed by atoms with E-state index in [4.69, 9.17) is 0 Å². The summed E-state index contributed by atoms with van der Waals surface area (Å²) in [4.78, 5) is 4.29. The molecular formula is C12H13N. The minimum absolute atomic E-state index is 0.492. The molecule has 1 aromatic rings. The molecule has 1 heterocycles. The number of nitrogens with zero attached hydrogens (tertiary/aromatic N) is 1. The quantitative estimate of drug-likeness (QED) is 0.584. The van der Waals surface area contributed by atoms with Crippen molar-refractivity contribution in [2.45, 2.75) is 19.8 Å². The van der Waals surface area contributed by atoms with Crippen molar-refractivity contribution in [1.29, 1.82) is 0 Å². The van der Waals surface area contributed by atoms with E-state index >= 15 is 0 Å². The summed E-state index contributed by atoms with van der Waals surface area (Å²) in [6.45, 7) is 4.24. The van der Waals surface area contributed by atoms with E-state index in [-0.39, 0.29) is 0 Å². The van der Waals surface area contributed by atoms with Crippen LogP contribution in [0.3, 0.4) is 0 Å². The van der Waals surface area contributed by atoms with Crippen molar-refractivity contribution in [3.63, 3.8) is 0 Å². The molecule has 0 N–H and O–H groups in total. The Morgan fingerprint density at radius 2 is 2.15 bits per heavy atom. The summed E-state index contributed by atoms with van der Waals surface area (Å²) in [5.41, 5.74) is 3.70. The van der Waals surface area contributed by atoms with Gasteiger partial charge >= 0.3 is 0 Å². The number of rotatable bonds is 0. The Kier molecular flexibility index (Phi) is 2.01. The summed E-state index contributed by atoms with van der Waals surface area (Å²) in [6.07, 6.45) is 10.4. The first-order valence-corrected chi connectivity index (χ1v) is 4.59. The molecule has 1 unspecified atom stereocenters.